The maximum atomic E-state index is 11.8. The molecule has 1 aliphatic heterocycles. The van der Waals surface area contributed by atoms with E-state index in [1.807, 2.05) is 0 Å². The first-order valence-electron chi connectivity index (χ1n) is 5.63. The summed E-state index contributed by atoms with van der Waals surface area (Å²) < 4.78 is 31.9. The van der Waals surface area contributed by atoms with Gasteiger partial charge in [-0.1, -0.05) is 6.07 Å². The molecule has 0 aromatic carbocycles. The van der Waals surface area contributed by atoms with Crippen LogP contribution in [0, 0.1) is 0 Å². The summed E-state index contributed by atoms with van der Waals surface area (Å²) in [5.74, 6) is 0. The summed E-state index contributed by atoms with van der Waals surface area (Å²) in [5.41, 5.74) is 0. The average molecular weight is 277 g/mol. The fraction of sp³-hybridized carbons (Fsp3) is 0.600. The average Bonchev–Trinajstić information content (AvgIpc) is 2.84. The maximum absolute atomic E-state index is 11.8. The molecule has 1 aromatic rings. The van der Waals surface area contributed by atoms with Gasteiger partial charge in [0.1, 0.15) is 17.3 Å². The lowest BCUT2D eigenvalue weighted by atomic mass is 10.4. The molecule has 96 valence electrons. The van der Waals surface area contributed by atoms with Crippen LogP contribution in [0.15, 0.2) is 21.7 Å². The Morgan fingerprint density at radius 2 is 2.18 bits per heavy atom. The number of quaternary nitrogens is 1. The quantitative estimate of drug-likeness (QED) is 0.721. The van der Waals surface area contributed by atoms with E-state index in [1.165, 1.54) is 16.2 Å². The van der Waals surface area contributed by atoms with Crippen molar-refractivity contribution in [3.63, 3.8) is 0 Å². The zero-order chi connectivity index (χ0) is 12.1. The van der Waals surface area contributed by atoms with E-state index in [1.54, 1.807) is 17.5 Å². The van der Waals surface area contributed by atoms with Gasteiger partial charge in [-0.3, -0.25) is 0 Å². The standard InChI is InChI=1S/C10H16N2O3S2/c13-17(14,10-2-1-9-16-10)11-3-4-12-5-7-15-8-6-12/h1-2,9,11H,3-8H2/p+1. The van der Waals surface area contributed by atoms with Gasteiger partial charge in [0.25, 0.3) is 0 Å². The van der Waals surface area contributed by atoms with Gasteiger partial charge in [-0.2, -0.15) is 0 Å². The SMILES string of the molecule is O=S(=O)(NCC[NH+]1CCOCC1)c1cccs1. The first kappa shape index (κ1) is 13.0. The Morgan fingerprint density at radius 1 is 1.41 bits per heavy atom. The molecule has 2 heterocycles. The van der Waals surface area contributed by atoms with Crippen molar-refractivity contribution in [3.05, 3.63) is 17.5 Å². The van der Waals surface area contributed by atoms with Crippen molar-refractivity contribution in [1.82, 2.24) is 4.72 Å². The molecule has 2 rings (SSSR count). The third-order valence-electron chi connectivity index (χ3n) is 2.73. The number of ether oxygens (including phenoxy) is 1. The van der Waals surface area contributed by atoms with E-state index >= 15 is 0 Å². The monoisotopic (exact) mass is 277 g/mol. The number of nitrogens with one attached hydrogen (secondary N) is 2. The summed E-state index contributed by atoms with van der Waals surface area (Å²) in [7, 11) is -3.29. The Kier molecular flexibility index (Phi) is 4.52. The normalized spacial score (nSPS) is 18.4. The molecule has 0 radical (unpaired) electrons. The predicted octanol–water partition coefficient (Wildman–Crippen LogP) is -1.06. The molecule has 17 heavy (non-hydrogen) atoms. The van der Waals surface area contributed by atoms with E-state index in [4.69, 9.17) is 4.74 Å². The molecule has 1 aliphatic rings. The number of hydrogen-bond acceptors (Lipinski definition) is 4. The second kappa shape index (κ2) is 5.92. The van der Waals surface area contributed by atoms with Gasteiger partial charge in [0, 0.05) is 0 Å². The van der Waals surface area contributed by atoms with Crippen LogP contribution < -0.4 is 9.62 Å². The highest BCUT2D eigenvalue weighted by molar-refractivity contribution is 7.91. The lowest BCUT2D eigenvalue weighted by molar-refractivity contribution is -0.906. The fourth-order valence-corrected chi connectivity index (χ4v) is 3.83. The van der Waals surface area contributed by atoms with Gasteiger partial charge in [-0.25, -0.2) is 13.1 Å². The van der Waals surface area contributed by atoms with Gasteiger partial charge >= 0.3 is 0 Å². The van der Waals surface area contributed by atoms with Crippen molar-refractivity contribution in [3.8, 4) is 0 Å². The summed E-state index contributed by atoms with van der Waals surface area (Å²) in [4.78, 5) is 1.39. The van der Waals surface area contributed by atoms with Gasteiger partial charge in [0.2, 0.25) is 10.0 Å². The third-order valence-corrected chi connectivity index (χ3v) is 5.59. The Balaban J connectivity index is 1.78. The van der Waals surface area contributed by atoms with Crippen LogP contribution >= 0.6 is 11.3 Å². The first-order valence-corrected chi connectivity index (χ1v) is 7.99. The highest BCUT2D eigenvalue weighted by Crippen LogP contribution is 2.14. The molecule has 2 N–H and O–H groups in total. The Morgan fingerprint density at radius 3 is 2.82 bits per heavy atom. The molecular formula is C10H17N2O3S2+. The fourth-order valence-electron chi connectivity index (χ4n) is 1.76. The van der Waals surface area contributed by atoms with Crippen LogP contribution in [-0.4, -0.2) is 47.8 Å². The van der Waals surface area contributed by atoms with Crippen LogP contribution in [0.1, 0.15) is 0 Å². The van der Waals surface area contributed by atoms with Crippen LogP contribution in [0.5, 0.6) is 0 Å². The summed E-state index contributed by atoms with van der Waals surface area (Å²) in [6.07, 6.45) is 0. The molecular weight excluding hydrogens is 260 g/mol. The minimum atomic E-state index is -3.29. The largest absolute Gasteiger partial charge is 0.370 e. The molecule has 0 atom stereocenters. The molecule has 1 aromatic heterocycles. The van der Waals surface area contributed by atoms with Crippen LogP contribution in [0.4, 0.5) is 0 Å². The number of thiophene rings is 1. The van der Waals surface area contributed by atoms with E-state index in [9.17, 15) is 8.42 Å². The topological polar surface area (TPSA) is 59.8 Å². The minimum Gasteiger partial charge on any atom is -0.370 e. The van der Waals surface area contributed by atoms with Crippen LogP contribution in [-0.2, 0) is 14.8 Å². The number of morpholine rings is 1. The molecule has 0 aliphatic carbocycles. The number of rotatable bonds is 5. The Bertz CT molecular complexity index is 424. The summed E-state index contributed by atoms with van der Waals surface area (Å²) in [5, 5.41) is 1.77. The molecule has 0 unspecified atom stereocenters. The second-order valence-corrected chi connectivity index (χ2v) is 6.88. The Hall–Kier alpha value is -0.470. The van der Waals surface area contributed by atoms with E-state index in [2.05, 4.69) is 4.72 Å². The van der Waals surface area contributed by atoms with E-state index < -0.39 is 10.0 Å². The van der Waals surface area contributed by atoms with Crippen LogP contribution in [0.3, 0.4) is 0 Å². The summed E-state index contributed by atoms with van der Waals surface area (Å²) >= 11 is 1.24. The second-order valence-electron chi connectivity index (χ2n) is 3.94. The highest BCUT2D eigenvalue weighted by atomic mass is 32.2. The number of sulfonamides is 1. The van der Waals surface area contributed by atoms with Gasteiger partial charge in [0.05, 0.1) is 26.3 Å². The number of hydrogen-bond donors (Lipinski definition) is 2. The molecule has 5 nitrogen and oxygen atoms in total. The molecule has 0 bridgehead atoms. The van der Waals surface area contributed by atoms with Crippen molar-refractivity contribution in [2.75, 3.05) is 39.4 Å². The molecule has 1 fully saturated rings. The van der Waals surface area contributed by atoms with E-state index in [0.717, 1.165) is 32.8 Å². The Labute approximate surface area is 105 Å². The van der Waals surface area contributed by atoms with E-state index in [0.29, 0.717) is 10.8 Å². The van der Waals surface area contributed by atoms with Gasteiger partial charge in [-0.15, -0.1) is 11.3 Å². The van der Waals surface area contributed by atoms with Crippen LogP contribution in [0.25, 0.3) is 0 Å². The molecule has 0 spiro atoms. The van der Waals surface area contributed by atoms with Crippen molar-refractivity contribution in [2.45, 2.75) is 4.21 Å². The molecule has 1 saturated heterocycles. The lowest BCUT2D eigenvalue weighted by Crippen LogP contribution is -3.14. The van der Waals surface area contributed by atoms with Crippen LogP contribution in [0.2, 0.25) is 0 Å². The summed E-state index contributed by atoms with van der Waals surface area (Å²) in [6, 6.07) is 3.36. The minimum absolute atomic E-state index is 0.384. The van der Waals surface area contributed by atoms with Crippen molar-refractivity contribution in [2.24, 2.45) is 0 Å². The molecule has 7 heteroatoms. The van der Waals surface area contributed by atoms with Crippen molar-refractivity contribution in [1.29, 1.82) is 0 Å². The zero-order valence-corrected chi connectivity index (χ0v) is 11.1. The smallest absolute Gasteiger partial charge is 0.250 e. The first-order chi connectivity index (χ1) is 8.18. The van der Waals surface area contributed by atoms with Gasteiger partial charge < -0.3 is 9.64 Å². The third kappa shape index (κ3) is 3.75. The maximum Gasteiger partial charge on any atom is 0.250 e. The lowest BCUT2D eigenvalue weighted by Gasteiger charge is -2.23. The molecule has 0 saturated carbocycles. The zero-order valence-electron chi connectivity index (χ0n) is 9.52. The van der Waals surface area contributed by atoms with E-state index in [-0.39, 0.29) is 0 Å². The molecule has 0 amide bonds. The van der Waals surface area contributed by atoms with Gasteiger partial charge in [0.15, 0.2) is 0 Å². The highest BCUT2D eigenvalue weighted by Gasteiger charge is 2.17. The van der Waals surface area contributed by atoms with Crippen molar-refractivity contribution < 1.29 is 18.1 Å². The summed E-state index contributed by atoms with van der Waals surface area (Å²) in [6.45, 7) is 4.75. The predicted molar refractivity (Wildman–Crippen MR) is 65.9 cm³/mol. The van der Waals surface area contributed by atoms with Crippen molar-refractivity contribution >= 4 is 21.4 Å². The van der Waals surface area contributed by atoms with Gasteiger partial charge in [-0.05, 0) is 11.4 Å².